The summed E-state index contributed by atoms with van der Waals surface area (Å²) in [6, 6.07) is 0. The largest absolute Gasteiger partial charge is 0.497 e. The standard InChI is InChI=1S/C10H14O5.C9H15NO/c1-13-9(11)5-3-7-8(15-7)4-6(5)10(12)14-2;1-8(10(3)4)6-7-9(2)11-5/h5-8H,3-4H2,1-2H3;6-7H,1-2H2,3-5H3/b;7-6-. The van der Waals surface area contributed by atoms with Crippen LogP contribution in [0.15, 0.2) is 36.8 Å². The van der Waals surface area contributed by atoms with Crippen molar-refractivity contribution in [3.8, 4) is 0 Å². The molecule has 7 nitrogen and oxygen atoms in total. The van der Waals surface area contributed by atoms with Gasteiger partial charge in [0.05, 0.1) is 45.4 Å². The monoisotopic (exact) mass is 367 g/mol. The first-order valence-corrected chi connectivity index (χ1v) is 8.33. The number of likely N-dealkylation sites (N-methyl/N-ethyl adjacent to an activating group) is 1. The SMILES string of the molecule is C=C(/C=C\C(=C)N(C)C)OC.COC(=O)C1CC2OC2CC1C(=O)OC. The normalized spacial score (nSPS) is 25.9. The summed E-state index contributed by atoms with van der Waals surface area (Å²) in [5.74, 6) is -0.885. The van der Waals surface area contributed by atoms with Gasteiger partial charge in [0.15, 0.2) is 0 Å². The summed E-state index contributed by atoms with van der Waals surface area (Å²) in [6.45, 7) is 7.44. The Labute approximate surface area is 155 Å². The van der Waals surface area contributed by atoms with Gasteiger partial charge in [-0.25, -0.2) is 0 Å². The summed E-state index contributed by atoms with van der Waals surface area (Å²) in [6.07, 6.45) is 5.03. The first-order valence-electron chi connectivity index (χ1n) is 8.33. The van der Waals surface area contributed by atoms with Gasteiger partial charge < -0.3 is 23.8 Å². The predicted octanol–water partition coefficient (Wildman–Crippen LogP) is 1.90. The van der Waals surface area contributed by atoms with Gasteiger partial charge in [0, 0.05) is 19.8 Å². The van der Waals surface area contributed by atoms with Crippen LogP contribution in [-0.2, 0) is 28.5 Å². The molecule has 26 heavy (non-hydrogen) atoms. The van der Waals surface area contributed by atoms with Gasteiger partial charge in [-0.2, -0.15) is 0 Å². The molecule has 0 radical (unpaired) electrons. The zero-order valence-electron chi connectivity index (χ0n) is 16.2. The van der Waals surface area contributed by atoms with Gasteiger partial charge >= 0.3 is 11.9 Å². The fraction of sp³-hybridized carbons (Fsp3) is 0.579. The molecule has 4 unspecified atom stereocenters. The lowest BCUT2D eigenvalue weighted by Crippen LogP contribution is -2.36. The van der Waals surface area contributed by atoms with E-state index in [-0.39, 0.29) is 24.1 Å². The Morgan fingerprint density at radius 3 is 1.73 bits per heavy atom. The van der Waals surface area contributed by atoms with Gasteiger partial charge in [-0.15, -0.1) is 0 Å². The fourth-order valence-corrected chi connectivity index (χ4v) is 2.65. The lowest BCUT2D eigenvalue weighted by molar-refractivity contribution is -0.158. The molecule has 0 aromatic rings. The topological polar surface area (TPSA) is 77.6 Å². The molecule has 1 saturated carbocycles. The van der Waals surface area contributed by atoms with Gasteiger partial charge in [0.2, 0.25) is 0 Å². The van der Waals surface area contributed by atoms with Crippen LogP contribution >= 0.6 is 0 Å². The van der Waals surface area contributed by atoms with Crippen molar-refractivity contribution in [3.05, 3.63) is 36.8 Å². The second-order valence-corrected chi connectivity index (χ2v) is 6.33. The van der Waals surface area contributed by atoms with E-state index >= 15 is 0 Å². The molecule has 4 atom stereocenters. The van der Waals surface area contributed by atoms with Crippen LogP contribution in [0.4, 0.5) is 0 Å². The van der Waals surface area contributed by atoms with Crippen molar-refractivity contribution in [1.82, 2.24) is 4.90 Å². The van der Waals surface area contributed by atoms with Crippen LogP contribution in [0, 0.1) is 11.8 Å². The summed E-state index contributed by atoms with van der Waals surface area (Å²) < 4.78 is 19.5. The minimum atomic E-state index is -0.411. The molecule has 1 heterocycles. The molecule has 0 aromatic carbocycles. The number of carbonyl (C=O) groups is 2. The number of methoxy groups -OCH3 is 3. The molecular formula is C19H29NO6. The molecule has 1 aliphatic carbocycles. The van der Waals surface area contributed by atoms with Crippen molar-refractivity contribution in [3.63, 3.8) is 0 Å². The Balaban J connectivity index is 0.000000276. The van der Waals surface area contributed by atoms with Crippen LogP contribution in [0.5, 0.6) is 0 Å². The molecule has 0 N–H and O–H groups in total. The Hall–Kier alpha value is -2.28. The van der Waals surface area contributed by atoms with Crippen LogP contribution < -0.4 is 0 Å². The van der Waals surface area contributed by atoms with E-state index in [2.05, 4.69) is 22.6 Å². The van der Waals surface area contributed by atoms with Gasteiger partial charge in [0.25, 0.3) is 0 Å². The number of hydrogen-bond acceptors (Lipinski definition) is 7. The lowest BCUT2D eigenvalue weighted by atomic mass is 9.79. The van der Waals surface area contributed by atoms with Gasteiger partial charge in [-0.3, -0.25) is 9.59 Å². The molecule has 2 aliphatic rings. The third-order valence-electron chi connectivity index (χ3n) is 4.45. The molecule has 0 amide bonds. The second-order valence-electron chi connectivity index (χ2n) is 6.33. The Morgan fingerprint density at radius 2 is 1.38 bits per heavy atom. The minimum Gasteiger partial charge on any atom is -0.497 e. The van der Waals surface area contributed by atoms with Crippen molar-refractivity contribution in [1.29, 1.82) is 0 Å². The number of esters is 2. The first-order chi connectivity index (χ1) is 12.2. The molecule has 1 aliphatic heterocycles. The van der Waals surface area contributed by atoms with Gasteiger partial charge in [0.1, 0.15) is 5.76 Å². The van der Waals surface area contributed by atoms with Crippen LogP contribution in [0.25, 0.3) is 0 Å². The van der Waals surface area contributed by atoms with E-state index in [0.717, 1.165) is 5.70 Å². The van der Waals surface area contributed by atoms with Crippen molar-refractivity contribution < 1.29 is 28.5 Å². The van der Waals surface area contributed by atoms with Crippen LogP contribution in [-0.4, -0.2) is 64.5 Å². The van der Waals surface area contributed by atoms with E-state index in [1.165, 1.54) is 14.2 Å². The summed E-state index contributed by atoms with van der Waals surface area (Å²) in [4.78, 5) is 24.9. The molecule has 0 bridgehead atoms. The van der Waals surface area contributed by atoms with Gasteiger partial charge in [-0.1, -0.05) is 13.2 Å². The highest BCUT2D eigenvalue weighted by atomic mass is 16.6. The molecule has 0 spiro atoms. The van der Waals surface area contributed by atoms with E-state index in [1.807, 2.05) is 25.1 Å². The lowest BCUT2D eigenvalue weighted by Gasteiger charge is -2.24. The molecule has 1 saturated heterocycles. The van der Waals surface area contributed by atoms with Crippen molar-refractivity contribution in [2.75, 3.05) is 35.4 Å². The number of carbonyl (C=O) groups excluding carboxylic acids is 2. The molecule has 2 rings (SSSR count). The molecular weight excluding hydrogens is 338 g/mol. The number of ether oxygens (including phenoxy) is 4. The molecule has 7 heteroatoms. The Kier molecular flexibility index (Phi) is 8.38. The van der Waals surface area contributed by atoms with Crippen LogP contribution in [0.3, 0.4) is 0 Å². The second kappa shape index (κ2) is 10.0. The van der Waals surface area contributed by atoms with Crippen molar-refractivity contribution in [2.24, 2.45) is 11.8 Å². The average molecular weight is 367 g/mol. The van der Waals surface area contributed by atoms with E-state index in [0.29, 0.717) is 18.6 Å². The number of rotatable bonds is 6. The zero-order valence-corrected chi connectivity index (χ0v) is 16.2. The Morgan fingerprint density at radius 1 is 0.923 bits per heavy atom. The van der Waals surface area contributed by atoms with E-state index in [1.54, 1.807) is 13.2 Å². The predicted molar refractivity (Wildman–Crippen MR) is 97.0 cm³/mol. The number of hydrogen-bond donors (Lipinski definition) is 0. The van der Waals surface area contributed by atoms with Crippen molar-refractivity contribution >= 4 is 11.9 Å². The summed E-state index contributed by atoms with van der Waals surface area (Å²) in [5, 5.41) is 0. The highest BCUT2D eigenvalue weighted by Gasteiger charge is 2.53. The smallest absolute Gasteiger partial charge is 0.309 e. The highest BCUT2D eigenvalue weighted by molar-refractivity contribution is 5.82. The van der Waals surface area contributed by atoms with Gasteiger partial charge in [-0.05, 0) is 25.0 Å². The fourth-order valence-electron chi connectivity index (χ4n) is 2.65. The zero-order chi connectivity index (χ0) is 19.9. The molecule has 0 aromatic heterocycles. The maximum absolute atomic E-state index is 11.5. The maximum atomic E-state index is 11.5. The maximum Gasteiger partial charge on any atom is 0.309 e. The number of allylic oxidation sites excluding steroid dienone is 2. The summed E-state index contributed by atoms with van der Waals surface area (Å²) in [7, 11) is 8.11. The Bertz CT molecular complexity index is 540. The van der Waals surface area contributed by atoms with E-state index in [4.69, 9.17) is 9.47 Å². The molecule has 2 fully saturated rings. The van der Waals surface area contributed by atoms with Crippen LogP contribution in [0.1, 0.15) is 12.8 Å². The van der Waals surface area contributed by atoms with E-state index in [9.17, 15) is 9.59 Å². The average Bonchev–Trinajstić information content (AvgIpc) is 3.42. The number of nitrogens with zero attached hydrogens (tertiary/aromatic N) is 1. The highest BCUT2D eigenvalue weighted by Crippen LogP contribution is 2.43. The minimum absolute atomic E-state index is 0.134. The molecule has 146 valence electrons. The third-order valence-corrected chi connectivity index (χ3v) is 4.45. The number of fused-ring (bicyclic) bond motifs is 1. The summed E-state index contributed by atoms with van der Waals surface area (Å²) in [5.41, 5.74) is 0.920. The first kappa shape index (κ1) is 21.8. The number of epoxide rings is 1. The van der Waals surface area contributed by atoms with Crippen LogP contribution in [0.2, 0.25) is 0 Å². The third kappa shape index (κ3) is 6.22. The van der Waals surface area contributed by atoms with Crippen molar-refractivity contribution in [2.45, 2.75) is 25.0 Å². The van der Waals surface area contributed by atoms with E-state index < -0.39 is 11.8 Å². The summed E-state index contributed by atoms with van der Waals surface area (Å²) >= 11 is 0. The quantitative estimate of drug-likeness (QED) is 0.307.